The van der Waals surface area contributed by atoms with Crippen LogP contribution in [0.3, 0.4) is 0 Å². The van der Waals surface area contributed by atoms with Gasteiger partial charge in [0.1, 0.15) is 22.5 Å². The van der Waals surface area contributed by atoms with E-state index < -0.39 is 0 Å². The second-order valence-electron chi connectivity index (χ2n) is 8.76. The summed E-state index contributed by atoms with van der Waals surface area (Å²) in [7, 11) is 0. The fraction of sp³-hybridized carbons (Fsp3) is 0.138. The number of benzene rings is 3. The fourth-order valence-corrected chi connectivity index (χ4v) is 5.50. The summed E-state index contributed by atoms with van der Waals surface area (Å²) in [6.45, 7) is 4.03. The third kappa shape index (κ3) is 5.35. The number of nitrogens with zero attached hydrogens (tertiary/aromatic N) is 3. The van der Waals surface area contributed by atoms with Crippen molar-refractivity contribution < 1.29 is 13.9 Å². The van der Waals surface area contributed by atoms with Crippen molar-refractivity contribution in [1.29, 1.82) is 0 Å². The molecule has 8 heteroatoms. The molecule has 0 bridgehead atoms. The Labute approximate surface area is 224 Å². The van der Waals surface area contributed by atoms with Crippen LogP contribution >= 0.6 is 24.0 Å². The first-order valence-electron chi connectivity index (χ1n) is 11.8. The summed E-state index contributed by atoms with van der Waals surface area (Å²) in [5, 5.41) is 4.84. The van der Waals surface area contributed by atoms with Crippen molar-refractivity contribution in [2.45, 2.75) is 26.5 Å². The van der Waals surface area contributed by atoms with E-state index in [1.807, 2.05) is 80.7 Å². The Morgan fingerprint density at radius 3 is 2.41 bits per heavy atom. The highest BCUT2D eigenvalue weighted by Gasteiger charge is 2.34. The molecule has 1 aromatic heterocycles. The molecule has 0 spiro atoms. The van der Waals surface area contributed by atoms with Gasteiger partial charge in [-0.25, -0.2) is 9.07 Å². The number of rotatable bonds is 7. The maximum atomic E-state index is 13.9. The van der Waals surface area contributed by atoms with Gasteiger partial charge in [0.05, 0.1) is 16.3 Å². The monoisotopic (exact) mass is 529 g/mol. The molecule has 186 valence electrons. The smallest absolute Gasteiger partial charge is 0.266 e. The number of amides is 1. The number of hydrogen-bond acceptors (Lipinski definition) is 5. The summed E-state index contributed by atoms with van der Waals surface area (Å²) in [5.74, 6) is 0.229. The van der Waals surface area contributed by atoms with E-state index in [4.69, 9.17) is 22.1 Å². The zero-order valence-corrected chi connectivity index (χ0v) is 21.9. The number of ether oxygens (including phenoxy) is 1. The molecular formula is C29H24FN3O2S2. The Kier molecular flexibility index (Phi) is 7.21. The van der Waals surface area contributed by atoms with Crippen molar-refractivity contribution >= 4 is 40.3 Å². The Morgan fingerprint density at radius 1 is 1.03 bits per heavy atom. The third-order valence-electron chi connectivity index (χ3n) is 5.87. The van der Waals surface area contributed by atoms with Crippen LogP contribution in [0, 0.1) is 5.82 Å². The van der Waals surface area contributed by atoms with E-state index in [0.717, 1.165) is 22.5 Å². The third-order valence-corrected chi connectivity index (χ3v) is 7.20. The van der Waals surface area contributed by atoms with Gasteiger partial charge in [0.2, 0.25) is 0 Å². The highest BCUT2D eigenvalue weighted by molar-refractivity contribution is 8.26. The zero-order valence-electron chi connectivity index (χ0n) is 20.3. The lowest BCUT2D eigenvalue weighted by molar-refractivity contribution is -0.123. The second kappa shape index (κ2) is 10.7. The number of para-hydroxylation sites is 1. The Hall–Kier alpha value is -3.75. The molecule has 0 N–H and O–H groups in total. The largest absolute Gasteiger partial charge is 0.489 e. The molecule has 1 saturated heterocycles. The van der Waals surface area contributed by atoms with E-state index in [9.17, 15) is 9.18 Å². The zero-order chi connectivity index (χ0) is 25.9. The average Bonchev–Trinajstić information content (AvgIpc) is 3.44. The second-order valence-corrected chi connectivity index (χ2v) is 10.4. The lowest BCUT2D eigenvalue weighted by Crippen LogP contribution is -2.34. The highest BCUT2D eigenvalue weighted by atomic mass is 32.2. The van der Waals surface area contributed by atoms with Crippen LogP contribution in [-0.4, -0.2) is 30.9 Å². The van der Waals surface area contributed by atoms with E-state index in [0.29, 0.717) is 20.5 Å². The van der Waals surface area contributed by atoms with Crippen LogP contribution in [0.1, 0.15) is 25.0 Å². The van der Waals surface area contributed by atoms with Gasteiger partial charge in [-0.3, -0.25) is 9.69 Å². The minimum Gasteiger partial charge on any atom is -0.489 e. The van der Waals surface area contributed by atoms with Crippen molar-refractivity contribution in [1.82, 2.24) is 14.7 Å². The lowest BCUT2D eigenvalue weighted by Gasteiger charge is -2.18. The number of halogens is 1. The molecule has 0 aliphatic carbocycles. The SMILES string of the molecule is CC(C)N1C(=O)/C(=C\c2cn(-c3ccccc3)nc2-c2ccc(OCc3ccccc3F)cc2)SC1=S. The fourth-order valence-electron chi connectivity index (χ4n) is 3.98. The first kappa shape index (κ1) is 24.9. The summed E-state index contributed by atoms with van der Waals surface area (Å²) < 4.78 is 22.1. The number of carbonyl (C=O) groups is 1. The topological polar surface area (TPSA) is 47.4 Å². The molecule has 5 nitrogen and oxygen atoms in total. The summed E-state index contributed by atoms with van der Waals surface area (Å²) in [6, 6.07) is 23.8. The number of hydrogen-bond donors (Lipinski definition) is 0. The summed E-state index contributed by atoms with van der Waals surface area (Å²) in [6.07, 6.45) is 3.77. The van der Waals surface area contributed by atoms with Gasteiger partial charge in [0.25, 0.3) is 5.91 Å². The molecule has 0 radical (unpaired) electrons. The minimum atomic E-state index is -0.293. The number of thiocarbonyl (C=S) groups is 1. The molecule has 5 rings (SSSR count). The normalized spacial score (nSPS) is 14.7. The predicted octanol–water partition coefficient (Wildman–Crippen LogP) is 6.87. The van der Waals surface area contributed by atoms with Gasteiger partial charge in [-0.1, -0.05) is 60.4 Å². The molecule has 1 aliphatic heterocycles. The highest BCUT2D eigenvalue weighted by Crippen LogP contribution is 2.36. The van der Waals surface area contributed by atoms with E-state index >= 15 is 0 Å². The van der Waals surface area contributed by atoms with Crippen molar-refractivity contribution in [2.24, 2.45) is 0 Å². The first-order valence-corrected chi connectivity index (χ1v) is 13.0. The Balaban J connectivity index is 1.46. The molecule has 1 amide bonds. The summed E-state index contributed by atoms with van der Waals surface area (Å²) >= 11 is 6.75. The molecule has 37 heavy (non-hydrogen) atoms. The Bertz CT molecular complexity index is 1480. The van der Waals surface area contributed by atoms with E-state index in [-0.39, 0.29) is 24.4 Å². The van der Waals surface area contributed by atoms with E-state index in [2.05, 4.69) is 0 Å². The molecule has 3 aromatic carbocycles. The molecule has 1 aliphatic rings. The lowest BCUT2D eigenvalue weighted by atomic mass is 10.1. The van der Waals surface area contributed by atoms with Gasteiger partial charge >= 0.3 is 0 Å². The summed E-state index contributed by atoms with van der Waals surface area (Å²) in [4.78, 5) is 15.2. The van der Waals surface area contributed by atoms with Crippen molar-refractivity contribution in [2.75, 3.05) is 0 Å². The Morgan fingerprint density at radius 2 is 1.73 bits per heavy atom. The average molecular weight is 530 g/mol. The van der Waals surface area contributed by atoms with Crippen LogP contribution in [0.2, 0.25) is 0 Å². The summed E-state index contributed by atoms with van der Waals surface area (Å²) in [5.41, 5.74) is 3.78. The molecule has 2 heterocycles. The number of carbonyl (C=O) groups excluding carboxylic acids is 1. The maximum Gasteiger partial charge on any atom is 0.266 e. The van der Waals surface area contributed by atoms with Crippen molar-refractivity contribution in [3.8, 4) is 22.7 Å². The van der Waals surface area contributed by atoms with Gasteiger partial charge in [0, 0.05) is 28.9 Å². The van der Waals surface area contributed by atoms with Gasteiger partial charge in [-0.2, -0.15) is 5.10 Å². The first-order chi connectivity index (χ1) is 17.9. The van der Waals surface area contributed by atoms with Gasteiger partial charge in [-0.05, 0) is 62.4 Å². The van der Waals surface area contributed by atoms with Gasteiger partial charge in [-0.15, -0.1) is 0 Å². The molecule has 4 aromatic rings. The van der Waals surface area contributed by atoms with Crippen LogP contribution in [0.5, 0.6) is 5.75 Å². The molecule has 0 unspecified atom stereocenters. The van der Waals surface area contributed by atoms with E-state index in [1.165, 1.54) is 17.8 Å². The molecular weight excluding hydrogens is 505 g/mol. The molecule has 0 atom stereocenters. The van der Waals surface area contributed by atoms with Gasteiger partial charge in [0.15, 0.2) is 0 Å². The maximum absolute atomic E-state index is 13.9. The van der Waals surface area contributed by atoms with Crippen LogP contribution in [-0.2, 0) is 11.4 Å². The standard InChI is InChI=1S/C29H24FN3O2S2/c1-19(2)33-28(34)26(37-29(33)36)16-22-17-32(23-9-4-3-5-10-23)31-27(22)20-12-14-24(15-13-20)35-18-21-8-6-7-11-25(21)30/h3-17,19H,18H2,1-2H3/b26-16+. The van der Waals surface area contributed by atoms with E-state index in [1.54, 1.807) is 27.8 Å². The molecule has 1 fully saturated rings. The van der Waals surface area contributed by atoms with Crippen LogP contribution in [0.4, 0.5) is 4.39 Å². The number of aromatic nitrogens is 2. The van der Waals surface area contributed by atoms with Gasteiger partial charge < -0.3 is 4.74 Å². The van der Waals surface area contributed by atoms with Crippen LogP contribution < -0.4 is 4.74 Å². The molecule has 0 saturated carbocycles. The minimum absolute atomic E-state index is 0.0122. The van der Waals surface area contributed by atoms with Crippen molar-refractivity contribution in [3.63, 3.8) is 0 Å². The van der Waals surface area contributed by atoms with Crippen molar-refractivity contribution in [3.05, 3.63) is 107 Å². The predicted molar refractivity (Wildman–Crippen MR) is 150 cm³/mol. The quantitative estimate of drug-likeness (QED) is 0.193. The van der Waals surface area contributed by atoms with Crippen LogP contribution in [0.25, 0.3) is 23.0 Å². The number of thioether (sulfide) groups is 1. The van der Waals surface area contributed by atoms with Crippen LogP contribution in [0.15, 0.2) is 90.0 Å².